The standard InChI is InChI=1S/C29H31N5O2S/c1-5-23(29(35)36)26-27-33-32-19(4)34(27)28-24(17(2)18(3)37-28)25(31-26)21-11-13-22(14-12-21)30-16-15-20-9-7-6-8-10-20/h6-14,23,26,30H,5,15-16H2,1-4H3,(H,35,36)/t23-,26?/m0/s1. The van der Waals surface area contributed by atoms with Crippen LogP contribution in [0.2, 0.25) is 0 Å². The number of aliphatic carboxylic acids is 1. The number of nitrogens with one attached hydrogen (secondary N) is 1. The summed E-state index contributed by atoms with van der Waals surface area (Å²) >= 11 is 1.67. The van der Waals surface area contributed by atoms with Gasteiger partial charge in [0.25, 0.3) is 0 Å². The summed E-state index contributed by atoms with van der Waals surface area (Å²) in [5.41, 5.74) is 6.27. The number of fused-ring (bicyclic) bond motifs is 3. The van der Waals surface area contributed by atoms with Crippen molar-refractivity contribution in [2.24, 2.45) is 10.9 Å². The molecule has 190 valence electrons. The van der Waals surface area contributed by atoms with Gasteiger partial charge in [-0.05, 0) is 56.9 Å². The van der Waals surface area contributed by atoms with E-state index in [1.165, 1.54) is 10.4 Å². The summed E-state index contributed by atoms with van der Waals surface area (Å²) in [4.78, 5) is 18.6. The van der Waals surface area contributed by atoms with Crippen LogP contribution in [0, 0.1) is 26.7 Å². The van der Waals surface area contributed by atoms with Crippen molar-refractivity contribution >= 4 is 28.7 Å². The lowest BCUT2D eigenvalue weighted by atomic mass is 9.95. The number of aryl methyl sites for hydroxylation is 2. The van der Waals surface area contributed by atoms with E-state index in [9.17, 15) is 9.90 Å². The topological polar surface area (TPSA) is 92.4 Å². The maximum Gasteiger partial charge on any atom is 0.309 e. The van der Waals surface area contributed by atoms with Crippen molar-refractivity contribution in [2.45, 2.75) is 46.6 Å². The van der Waals surface area contributed by atoms with E-state index >= 15 is 0 Å². The molecular weight excluding hydrogens is 482 g/mol. The van der Waals surface area contributed by atoms with Crippen LogP contribution < -0.4 is 5.32 Å². The van der Waals surface area contributed by atoms with E-state index in [1.54, 1.807) is 11.3 Å². The van der Waals surface area contributed by atoms with Gasteiger partial charge in [-0.1, -0.05) is 49.4 Å². The number of benzene rings is 2. The Morgan fingerprint density at radius 2 is 1.81 bits per heavy atom. The van der Waals surface area contributed by atoms with Crippen molar-refractivity contribution in [3.05, 3.63) is 93.4 Å². The van der Waals surface area contributed by atoms with Gasteiger partial charge in [0.05, 0.1) is 11.6 Å². The fraction of sp³-hybridized carbons (Fsp3) is 0.310. The maximum absolute atomic E-state index is 12.2. The largest absolute Gasteiger partial charge is 0.481 e. The molecule has 0 radical (unpaired) electrons. The minimum Gasteiger partial charge on any atom is -0.481 e. The van der Waals surface area contributed by atoms with Crippen LogP contribution in [0.25, 0.3) is 5.00 Å². The molecule has 1 aliphatic heterocycles. The Balaban J connectivity index is 1.53. The van der Waals surface area contributed by atoms with Gasteiger partial charge >= 0.3 is 5.97 Å². The highest BCUT2D eigenvalue weighted by atomic mass is 32.1. The third-order valence-electron chi connectivity index (χ3n) is 7.07. The van der Waals surface area contributed by atoms with Crippen molar-refractivity contribution in [2.75, 3.05) is 11.9 Å². The average molecular weight is 514 g/mol. The van der Waals surface area contributed by atoms with E-state index in [-0.39, 0.29) is 0 Å². The normalized spacial score (nSPS) is 15.4. The molecule has 37 heavy (non-hydrogen) atoms. The van der Waals surface area contributed by atoms with E-state index in [2.05, 4.69) is 77.9 Å². The van der Waals surface area contributed by atoms with Crippen LogP contribution in [0.15, 0.2) is 59.6 Å². The lowest BCUT2D eigenvalue weighted by Gasteiger charge is -2.19. The van der Waals surface area contributed by atoms with Crippen LogP contribution in [-0.4, -0.2) is 38.1 Å². The Labute approximate surface area is 220 Å². The van der Waals surface area contributed by atoms with Gasteiger partial charge in [-0.3, -0.25) is 14.4 Å². The molecule has 2 aromatic heterocycles. The zero-order valence-electron chi connectivity index (χ0n) is 21.5. The van der Waals surface area contributed by atoms with Gasteiger partial charge in [-0.15, -0.1) is 21.5 Å². The van der Waals surface area contributed by atoms with E-state index in [0.717, 1.165) is 51.9 Å². The first-order valence-corrected chi connectivity index (χ1v) is 13.4. The summed E-state index contributed by atoms with van der Waals surface area (Å²) in [5.74, 6) is -0.258. The van der Waals surface area contributed by atoms with Crippen LogP contribution in [-0.2, 0) is 11.2 Å². The minimum atomic E-state index is -0.876. The molecule has 4 aromatic rings. The van der Waals surface area contributed by atoms with Gasteiger partial charge in [0.15, 0.2) is 5.82 Å². The van der Waals surface area contributed by atoms with Gasteiger partial charge in [0, 0.05) is 28.2 Å². The maximum atomic E-state index is 12.2. The van der Waals surface area contributed by atoms with Crippen molar-refractivity contribution in [3.63, 3.8) is 0 Å². The second-order valence-corrected chi connectivity index (χ2v) is 10.6. The van der Waals surface area contributed by atoms with Crippen LogP contribution in [0.5, 0.6) is 0 Å². The Kier molecular flexibility index (Phi) is 6.93. The smallest absolute Gasteiger partial charge is 0.309 e. The van der Waals surface area contributed by atoms with Crippen molar-refractivity contribution in [1.82, 2.24) is 14.8 Å². The molecular formula is C29H31N5O2S. The highest BCUT2D eigenvalue weighted by Gasteiger charge is 2.37. The summed E-state index contributed by atoms with van der Waals surface area (Å²) in [6, 6.07) is 18.1. The second-order valence-electron chi connectivity index (χ2n) is 9.42. The SMILES string of the molecule is CC[C@H](C(=O)O)C1N=C(c2ccc(NCCc3ccccc3)cc2)c2c(sc(C)c2C)-n2c(C)nnc21. The number of hydrogen-bond acceptors (Lipinski definition) is 6. The number of thiophene rings is 1. The Morgan fingerprint density at radius 1 is 1.08 bits per heavy atom. The molecule has 2 aromatic carbocycles. The summed E-state index contributed by atoms with van der Waals surface area (Å²) in [6.45, 7) is 8.84. The zero-order chi connectivity index (χ0) is 26.1. The first kappa shape index (κ1) is 24.9. The highest BCUT2D eigenvalue weighted by molar-refractivity contribution is 7.15. The fourth-order valence-corrected chi connectivity index (χ4v) is 6.11. The fourth-order valence-electron chi connectivity index (χ4n) is 4.89. The summed E-state index contributed by atoms with van der Waals surface area (Å²) in [5, 5.41) is 23.3. The molecule has 5 rings (SSSR count). The number of hydrogen-bond donors (Lipinski definition) is 2. The number of nitrogens with zero attached hydrogens (tertiary/aromatic N) is 4. The lowest BCUT2D eigenvalue weighted by molar-refractivity contribution is -0.142. The first-order valence-electron chi connectivity index (χ1n) is 12.6. The second kappa shape index (κ2) is 10.3. The van der Waals surface area contributed by atoms with E-state index in [4.69, 9.17) is 4.99 Å². The molecule has 0 spiro atoms. The Morgan fingerprint density at radius 3 is 2.49 bits per heavy atom. The first-order chi connectivity index (χ1) is 17.9. The molecule has 1 aliphatic rings. The number of anilines is 1. The highest BCUT2D eigenvalue weighted by Crippen LogP contribution is 2.41. The summed E-state index contributed by atoms with van der Waals surface area (Å²) in [6.07, 6.45) is 1.39. The molecule has 7 nitrogen and oxygen atoms in total. The predicted octanol–water partition coefficient (Wildman–Crippen LogP) is 5.91. The van der Waals surface area contributed by atoms with Gasteiger partial charge in [-0.2, -0.15) is 0 Å². The molecule has 3 heterocycles. The van der Waals surface area contributed by atoms with Crippen molar-refractivity contribution in [3.8, 4) is 5.00 Å². The van der Waals surface area contributed by atoms with Crippen LogP contribution in [0.1, 0.15) is 58.2 Å². The molecule has 2 atom stereocenters. The minimum absolute atomic E-state index is 0.443. The number of carbonyl (C=O) groups is 1. The molecule has 0 bridgehead atoms. The monoisotopic (exact) mass is 513 g/mol. The molecule has 1 unspecified atom stereocenters. The lowest BCUT2D eigenvalue weighted by Crippen LogP contribution is -2.23. The van der Waals surface area contributed by atoms with Gasteiger partial charge < -0.3 is 10.4 Å². The van der Waals surface area contributed by atoms with Crippen LogP contribution >= 0.6 is 11.3 Å². The van der Waals surface area contributed by atoms with Gasteiger partial charge in [0.1, 0.15) is 16.9 Å². The molecule has 0 amide bonds. The van der Waals surface area contributed by atoms with E-state index in [0.29, 0.717) is 12.2 Å². The number of aliphatic imine (C=N–C) groups is 1. The third kappa shape index (κ3) is 4.69. The Bertz CT molecular complexity index is 1450. The molecule has 2 N–H and O–H groups in total. The number of aromatic nitrogens is 3. The average Bonchev–Trinajstić information content (AvgIpc) is 3.36. The molecule has 8 heteroatoms. The molecule has 0 saturated heterocycles. The predicted molar refractivity (Wildman–Crippen MR) is 148 cm³/mol. The van der Waals surface area contributed by atoms with Gasteiger partial charge in [0.2, 0.25) is 0 Å². The number of carboxylic acids is 1. The van der Waals surface area contributed by atoms with Crippen molar-refractivity contribution < 1.29 is 9.90 Å². The Hall–Kier alpha value is -3.78. The number of rotatable bonds is 8. The zero-order valence-corrected chi connectivity index (χ0v) is 22.3. The molecule has 0 aliphatic carbocycles. The van der Waals surface area contributed by atoms with Crippen LogP contribution in [0.4, 0.5) is 5.69 Å². The van der Waals surface area contributed by atoms with E-state index in [1.807, 2.05) is 24.5 Å². The van der Waals surface area contributed by atoms with Crippen LogP contribution in [0.3, 0.4) is 0 Å². The third-order valence-corrected chi connectivity index (χ3v) is 8.26. The molecule has 0 fully saturated rings. The molecule has 0 saturated carbocycles. The van der Waals surface area contributed by atoms with Gasteiger partial charge in [-0.25, -0.2) is 0 Å². The quantitative estimate of drug-likeness (QED) is 0.305. The number of carboxylic acid groups (broad SMARTS) is 1. The summed E-state index contributed by atoms with van der Waals surface area (Å²) < 4.78 is 2.01. The van der Waals surface area contributed by atoms with E-state index < -0.39 is 17.9 Å². The van der Waals surface area contributed by atoms with Crippen molar-refractivity contribution in [1.29, 1.82) is 0 Å². The summed E-state index contributed by atoms with van der Waals surface area (Å²) in [7, 11) is 0.